The minimum atomic E-state index is -0.925. The summed E-state index contributed by atoms with van der Waals surface area (Å²) in [5.74, 6) is -0.175. The predicted molar refractivity (Wildman–Crippen MR) is 86.8 cm³/mol. The Labute approximate surface area is 128 Å². The molecule has 0 amide bonds. The van der Waals surface area contributed by atoms with Crippen LogP contribution in [0, 0.1) is 0 Å². The molecule has 0 saturated heterocycles. The van der Waals surface area contributed by atoms with E-state index in [1.165, 1.54) is 0 Å². The highest BCUT2D eigenvalue weighted by atomic mass is 16.4. The van der Waals surface area contributed by atoms with Gasteiger partial charge in [-0.1, -0.05) is 12.1 Å². The number of hydrogen-bond acceptors (Lipinski definition) is 3. The molecule has 0 atom stereocenters. The number of aromatic nitrogens is 2. The summed E-state index contributed by atoms with van der Waals surface area (Å²) in [7, 11) is 0. The van der Waals surface area contributed by atoms with Crippen LogP contribution in [0.5, 0.6) is 0 Å². The predicted octanol–water partition coefficient (Wildman–Crippen LogP) is 3.81. The summed E-state index contributed by atoms with van der Waals surface area (Å²) in [5.41, 5.74) is 3.06. The van der Waals surface area contributed by atoms with Crippen molar-refractivity contribution in [2.24, 2.45) is 0 Å². The molecule has 22 heavy (non-hydrogen) atoms. The molecule has 112 valence electrons. The Morgan fingerprint density at radius 1 is 1.14 bits per heavy atom. The molecule has 2 N–H and O–H groups in total. The first-order valence-corrected chi connectivity index (χ1v) is 7.13. The maximum absolute atomic E-state index is 11.0. The van der Waals surface area contributed by atoms with Gasteiger partial charge in [0.1, 0.15) is 0 Å². The van der Waals surface area contributed by atoms with E-state index in [0.29, 0.717) is 0 Å². The van der Waals surface area contributed by atoms with Crippen LogP contribution in [0.15, 0.2) is 48.5 Å². The Morgan fingerprint density at radius 3 is 2.41 bits per heavy atom. The summed E-state index contributed by atoms with van der Waals surface area (Å²) in [5, 5.41) is 9.00. The van der Waals surface area contributed by atoms with Gasteiger partial charge >= 0.3 is 5.97 Å². The fraction of sp³-hybridized carbons (Fsp3) is 0.176. The number of H-pyrrole nitrogens is 1. The Balaban J connectivity index is 2.03. The van der Waals surface area contributed by atoms with Crippen molar-refractivity contribution < 1.29 is 9.90 Å². The first-order valence-electron chi connectivity index (χ1n) is 7.13. The van der Waals surface area contributed by atoms with Crippen LogP contribution >= 0.6 is 0 Å². The zero-order chi connectivity index (χ0) is 15.7. The number of carbonyl (C=O) groups is 1. The second-order valence-corrected chi connectivity index (χ2v) is 5.39. The van der Waals surface area contributed by atoms with Gasteiger partial charge in [0, 0.05) is 11.7 Å². The summed E-state index contributed by atoms with van der Waals surface area (Å²) in [6.07, 6.45) is 0. The van der Waals surface area contributed by atoms with Gasteiger partial charge in [0.15, 0.2) is 0 Å². The van der Waals surface area contributed by atoms with E-state index < -0.39 is 5.97 Å². The summed E-state index contributed by atoms with van der Waals surface area (Å²) in [4.78, 5) is 21.0. The lowest BCUT2D eigenvalue weighted by molar-refractivity contribution is 0.0697. The molecular weight excluding hydrogens is 278 g/mol. The molecule has 3 rings (SSSR count). The number of carboxylic acid groups (broad SMARTS) is 1. The number of rotatable bonds is 4. The van der Waals surface area contributed by atoms with Crippen LogP contribution in [0.25, 0.3) is 11.0 Å². The summed E-state index contributed by atoms with van der Waals surface area (Å²) < 4.78 is 0. The van der Waals surface area contributed by atoms with Gasteiger partial charge in [0.2, 0.25) is 5.95 Å². The standard InChI is InChI=1S/C17H17N3O2/c1-11(2)20(13-9-7-12(8-10-13)16(21)22)17-18-14-5-3-4-6-15(14)19-17/h3-11H,1-2H3,(H,18,19)(H,21,22). The van der Waals surface area contributed by atoms with Crippen LogP contribution in [-0.2, 0) is 0 Å². The molecule has 0 aliphatic carbocycles. The van der Waals surface area contributed by atoms with E-state index in [2.05, 4.69) is 23.8 Å². The smallest absolute Gasteiger partial charge is 0.335 e. The number of nitrogens with zero attached hydrogens (tertiary/aromatic N) is 2. The fourth-order valence-corrected chi connectivity index (χ4v) is 2.48. The van der Waals surface area contributed by atoms with Crippen molar-refractivity contribution in [3.05, 3.63) is 54.1 Å². The van der Waals surface area contributed by atoms with E-state index in [-0.39, 0.29) is 11.6 Å². The molecule has 0 spiro atoms. The molecule has 2 aromatic carbocycles. The number of aromatic carboxylic acids is 1. The lowest BCUT2D eigenvalue weighted by Gasteiger charge is -2.26. The number of imidazole rings is 1. The number of aromatic amines is 1. The maximum atomic E-state index is 11.0. The molecule has 0 saturated carbocycles. The van der Waals surface area contributed by atoms with Crippen LogP contribution in [0.2, 0.25) is 0 Å². The van der Waals surface area contributed by atoms with Gasteiger partial charge in [0.05, 0.1) is 16.6 Å². The Morgan fingerprint density at radius 2 is 1.82 bits per heavy atom. The quantitative estimate of drug-likeness (QED) is 0.768. The van der Waals surface area contributed by atoms with Gasteiger partial charge < -0.3 is 15.0 Å². The third kappa shape index (κ3) is 2.53. The van der Waals surface area contributed by atoms with Crippen LogP contribution in [0.1, 0.15) is 24.2 Å². The highest BCUT2D eigenvalue weighted by Crippen LogP contribution is 2.27. The van der Waals surface area contributed by atoms with E-state index >= 15 is 0 Å². The minimum absolute atomic E-state index is 0.177. The molecule has 0 unspecified atom stereocenters. The Hall–Kier alpha value is -2.82. The van der Waals surface area contributed by atoms with Gasteiger partial charge in [-0.05, 0) is 50.2 Å². The number of carboxylic acids is 1. The highest BCUT2D eigenvalue weighted by molar-refractivity contribution is 5.88. The highest BCUT2D eigenvalue weighted by Gasteiger charge is 2.17. The van der Waals surface area contributed by atoms with Crippen molar-refractivity contribution in [3.8, 4) is 0 Å². The monoisotopic (exact) mass is 295 g/mol. The fourth-order valence-electron chi connectivity index (χ4n) is 2.48. The molecule has 3 aromatic rings. The molecule has 0 fully saturated rings. The lowest BCUT2D eigenvalue weighted by Crippen LogP contribution is -2.26. The number of hydrogen-bond donors (Lipinski definition) is 2. The second-order valence-electron chi connectivity index (χ2n) is 5.39. The molecule has 0 aliphatic rings. The molecule has 1 heterocycles. The van der Waals surface area contributed by atoms with Gasteiger partial charge in [-0.15, -0.1) is 0 Å². The Bertz CT molecular complexity index is 773. The molecule has 0 bridgehead atoms. The van der Waals surface area contributed by atoms with Crippen molar-refractivity contribution in [3.63, 3.8) is 0 Å². The zero-order valence-electron chi connectivity index (χ0n) is 12.4. The average Bonchev–Trinajstić information content (AvgIpc) is 2.90. The third-order valence-electron chi connectivity index (χ3n) is 3.51. The van der Waals surface area contributed by atoms with Gasteiger partial charge in [-0.2, -0.15) is 0 Å². The second kappa shape index (κ2) is 5.52. The van der Waals surface area contributed by atoms with Crippen molar-refractivity contribution in [2.45, 2.75) is 19.9 Å². The van der Waals surface area contributed by atoms with E-state index in [4.69, 9.17) is 5.11 Å². The Kier molecular flexibility index (Phi) is 3.55. The summed E-state index contributed by atoms with van der Waals surface area (Å²) in [6, 6.07) is 14.9. The molecular formula is C17H17N3O2. The van der Waals surface area contributed by atoms with E-state index in [0.717, 1.165) is 22.7 Å². The van der Waals surface area contributed by atoms with Gasteiger partial charge in [-0.3, -0.25) is 0 Å². The first-order chi connectivity index (χ1) is 10.6. The normalized spacial score (nSPS) is 11.0. The van der Waals surface area contributed by atoms with Crippen LogP contribution < -0.4 is 4.90 Å². The number of nitrogens with one attached hydrogen (secondary N) is 1. The van der Waals surface area contributed by atoms with Crippen LogP contribution in [0.3, 0.4) is 0 Å². The van der Waals surface area contributed by atoms with Gasteiger partial charge in [0.25, 0.3) is 0 Å². The first kappa shape index (κ1) is 14.1. The van der Waals surface area contributed by atoms with E-state index in [9.17, 15) is 4.79 Å². The summed E-state index contributed by atoms with van der Waals surface area (Å²) in [6.45, 7) is 4.14. The lowest BCUT2D eigenvalue weighted by atomic mass is 10.2. The van der Waals surface area contributed by atoms with Crippen molar-refractivity contribution in [1.82, 2.24) is 9.97 Å². The van der Waals surface area contributed by atoms with Crippen molar-refractivity contribution in [2.75, 3.05) is 4.90 Å². The number of benzene rings is 2. The molecule has 0 radical (unpaired) electrons. The number of anilines is 2. The topological polar surface area (TPSA) is 69.2 Å². The SMILES string of the molecule is CC(C)N(c1ccc(C(=O)O)cc1)c1nc2ccccc2[nH]1. The zero-order valence-corrected chi connectivity index (χ0v) is 12.4. The number of para-hydroxylation sites is 2. The van der Waals surface area contributed by atoms with E-state index in [1.807, 2.05) is 29.2 Å². The molecule has 5 nitrogen and oxygen atoms in total. The maximum Gasteiger partial charge on any atom is 0.335 e. The average molecular weight is 295 g/mol. The molecule has 0 aliphatic heterocycles. The molecule has 1 aromatic heterocycles. The van der Waals surface area contributed by atoms with E-state index in [1.54, 1.807) is 24.3 Å². The third-order valence-corrected chi connectivity index (χ3v) is 3.51. The van der Waals surface area contributed by atoms with Gasteiger partial charge in [-0.25, -0.2) is 9.78 Å². The van der Waals surface area contributed by atoms with Crippen molar-refractivity contribution >= 4 is 28.6 Å². The van der Waals surface area contributed by atoms with Crippen LogP contribution in [0.4, 0.5) is 11.6 Å². The van der Waals surface area contributed by atoms with Crippen molar-refractivity contribution in [1.29, 1.82) is 0 Å². The molecule has 5 heteroatoms. The van der Waals surface area contributed by atoms with Crippen LogP contribution in [-0.4, -0.2) is 27.1 Å². The number of fused-ring (bicyclic) bond motifs is 1. The summed E-state index contributed by atoms with van der Waals surface area (Å²) >= 11 is 0. The largest absolute Gasteiger partial charge is 0.478 e. The minimum Gasteiger partial charge on any atom is -0.478 e.